The molecule has 0 saturated carbocycles. The zero-order valence-corrected chi connectivity index (χ0v) is 8.53. The zero-order chi connectivity index (χ0) is 11.4. The number of halogens is 1. The summed E-state index contributed by atoms with van der Waals surface area (Å²) in [6.45, 7) is 1.01. The Kier molecular flexibility index (Phi) is 3.17. The fourth-order valence-corrected chi connectivity index (χ4v) is 1.46. The van der Waals surface area contributed by atoms with Crippen LogP contribution in [0.5, 0.6) is 11.5 Å². The maximum Gasteiger partial charge on any atom is 0.235 e. The van der Waals surface area contributed by atoms with E-state index in [0.29, 0.717) is 30.3 Å². The van der Waals surface area contributed by atoms with Gasteiger partial charge in [-0.05, 0) is 6.07 Å². The molecule has 0 aliphatic carbocycles. The molecule has 16 heavy (non-hydrogen) atoms. The molecule has 0 spiro atoms. The van der Waals surface area contributed by atoms with Gasteiger partial charge in [-0.1, -0.05) is 0 Å². The predicted octanol–water partition coefficient (Wildman–Crippen LogP) is 1.82. The van der Waals surface area contributed by atoms with Crippen molar-refractivity contribution in [1.82, 2.24) is 0 Å². The Morgan fingerprint density at radius 2 is 2.00 bits per heavy atom. The summed E-state index contributed by atoms with van der Waals surface area (Å²) in [5.41, 5.74) is 0.299. The van der Waals surface area contributed by atoms with Gasteiger partial charge in [-0.25, -0.2) is 14.2 Å². The van der Waals surface area contributed by atoms with Crippen molar-refractivity contribution in [3.63, 3.8) is 0 Å². The molecule has 0 atom stereocenters. The Labute approximate surface area is 91.7 Å². The minimum absolute atomic E-state index is 0.0357. The Morgan fingerprint density at radius 1 is 1.31 bits per heavy atom. The van der Waals surface area contributed by atoms with Crippen molar-refractivity contribution in [2.75, 3.05) is 13.2 Å². The van der Waals surface area contributed by atoms with E-state index in [1.165, 1.54) is 18.2 Å². The molecule has 0 aromatic heterocycles. The second kappa shape index (κ2) is 4.77. The van der Waals surface area contributed by atoms with E-state index in [4.69, 9.17) is 9.47 Å². The number of aliphatic imine (C=N–C) groups is 1. The summed E-state index contributed by atoms with van der Waals surface area (Å²) in [4.78, 5) is 13.3. The lowest BCUT2D eigenvalue weighted by Gasteiger charge is -2.09. The van der Waals surface area contributed by atoms with Crippen LogP contribution in [-0.2, 0) is 11.3 Å². The van der Waals surface area contributed by atoms with Gasteiger partial charge in [-0.3, -0.25) is 0 Å². The molecule has 5 heteroatoms. The highest BCUT2D eigenvalue weighted by atomic mass is 19.1. The Balaban J connectivity index is 2.34. The minimum Gasteiger partial charge on any atom is -0.490 e. The van der Waals surface area contributed by atoms with Gasteiger partial charge in [-0.15, -0.1) is 0 Å². The second-order valence-corrected chi connectivity index (χ2v) is 3.35. The van der Waals surface area contributed by atoms with Gasteiger partial charge in [-0.2, -0.15) is 0 Å². The minimum atomic E-state index is -0.455. The third-order valence-electron chi connectivity index (χ3n) is 2.23. The molecule has 0 unspecified atom stereocenters. The summed E-state index contributed by atoms with van der Waals surface area (Å²) in [6.07, 6.45) is 2.13. The number of ether oxygens (including phenoxy) is 2. The van der Waals surface area contributed by atoms with Crippen molar-refractivity contribution in [2.24, 2.45) is 4.99 Å². The Bertz CT molecular complexity index is 441. The highest BCUT2D eigenvalue weighted by Gasteiger charge is 2.14. The number of hydrogen-bond acceptors (Lipinski definition) is 4. The molecule has 0 fully saturated rings. The van der Waals surface area contributed by atoms with Gasteiger partial charge in [0.2, 0.25) is 6.08 Å². The van der Waals surface area contributed by atoms with Crippen LogP contribution in [0.25, 0.3) is 0 Å². The summed E-state index contributed by atoms with van der Waals surface area (Å²) in [5, 5.41) is 0. The van der Waals surface area contributed by atoms with Gasteiger partial charge >= 0.3 is 0 Å². The zero-order valence-electron chi connectivity index (χ0n) is 8.53. The van der Waals surface area contributed by atoms with Crippen LogP contribution in [0.15, 0.2) is 17.1 Å². The first kappa shape index (κ1) is 10.6. The second-order valence-electron chi connectivity index (χ2n) is 3.35. The first-order chi connectivity index (χ1) is 7.81. The van der Waals surface area contributed by atoms with E-state index in [9.17, 15) is 9.18 Å². The van der Waals surface area contributed by atoms with Crippen molar-refractivity contribution in [2.45, 2.75) is 13.0 Å². The maximum atomic E-state index is 13.5. The Hall–Kier alpha value is -1.87. The van der Waals surface area contributed by atoms with Crippen LogP contribution in [0.1, 0.15) is 12.0 Å². The molecule has 0 amide bonds. The van der Waals surface area contributed by atoms with Gasteiger partial charge in [0.25, 0.3) is 0 Å². The summed E-state index contributed by atoms with van der Waals surface area (Å²) in [5.74, 6) is 0.437. The van der Waals surface area contributed by atoms with Crippen molar-refractivity contribution in [3.8, 4) is 11.5 Å². The van der Waals surface area contributed by atoms with Gasteiger partial charge in [0.15, 0.2) is 11.5 Å². The number of carbonyl (C=O) groups excluding carboxylic acids is 1. The van der Waals surface area contributed by atoms with E-state index < -0.39 is 5.82 Å². The molecule has 0 N–H and O–H groups in total. The topological polar surface area (TPSA) is 47.9 Å². The Morgan fingerprint density at radius 3 is 2.69 bits per heavy atom. The first-order valence-corrected chi connectivity index (χ1v) is 4.93. The molecule has 1 aliphatic rings. The maximum absolute atomic E-state index is 13.5. The van der Waals surface area contributed by atoms with Crippen molar-refractivity contribution >= 4 is 6.08 Å². The van der Waals surface area contributed by atoms with Gasteiger partial charge in [0.05, 0.1) is 19.8 Å². The average Bonchev–Trinajstić information content (AvgIpc) is 2.50. The molecular formula is C11H10FNO3. The number of isocyanates is 1. The monoisotopic (exact) mass is 223 g/mol. The first-order valence-electron chi connectivity index (χ1n) is 4.93. The van der Waals surface area contributed by atoms with E-state index >= 15 is 0 Å². The van der Waals surface area contributed by atoms with Crippen LogP contribution in [0, 0.1) is 5.82 Å². The van der Waals surface area contributed by atoms with Crippen molar-refractivity contribution < 1.29 is 18.7 Å². The average molecular weight is 223 g/mol. The molecule has 4 nitrogen and oxygen atoms in total. The third-order valence-corrected chi connectivity index (χ3v) is 2.23. The van der Waals surface area contributed by atoms with E-state index in [-0.39, 0.29) is 6.54 Å². The van der Waals surface area contributed by atoms with Crippen LogP contribution < -0.4 is 9.47 Å². The SMILES string of the molecule is O=C=NCc1cc2c(cc1F)OCCCO2. The number of fused-ring (bicyclic) bond motifs is 1. The van der Waals surface area contributed by atoms with Crippen molar-refractivity contribution in [1.29, 1.82) is 0 Å². The fourth-order valence-electron chi connectivity index (χ4n) is 1.46. The molecule has 0 bridgehead atoms. The molecule has 1 aromatic carbocycles. The van der Waals surface area contributed by atoms with E-state index in [0.717, 1.165) is 6.42 Å². The van der Waals surface area contributed by atoms with Gasteiger partial charge in [0, 0.05) is 18.1 Å². The molecule has 1 heterocycles. The quantitative estimate of drug-likeness (QED) is 0.567. The molecular weight excluding hydrogens is 213 g/mol. The smallest absolute Gasteiger partial charge is 0.235 e. The lowest BCUT2D eigenvalue weighted by atomic mass is 10.2. The summed E-state index contributed by atoms with van der Waals surface area (Å²) in [6, 6.07) is 2.77. The van der Waals surface area contributed by atoms with E-state index in [1.54, 1.807) is 0 Å². The fraction of sp³-hybridized carbons (Fsp3) is 0.364. The number of rotatable bonds is 2. The van der Waals surface area contributed by atoms with Crippen LogP contribution in [-0.4, -0.2) is 19.3 Å². The summed E-state index contributed by atoms with van der Waals surface area (Å²) >= 11 is 0. The van der Waals surface area contributed by atoms with Crippen LogP contribution in [0.4, 0.5) is 4.39 Å². The normalized spacial score (nSPS) is 13.8. The molecule has 0 radical (unpaired) electrons. The lowest BCUT2D eigenvalue weighted by Crippen LogP contribution is -1.97. The van der Waals surface area contributed by atoms with E-state index in [1.807, 2.05) is 0 Å². The van der Waals surface area contributed by atoms with Crippen LogP contribution in [0.2, 0.25) is 0 Å². The number of hydrogen-bond donors (Lipinski definition) is 0. The third kappa shape index (κ3) is 2.20. The summed E-state index contributed by atoms with van der Waals surface area (Å²) in [7, 11) is 0. The lowest BCUT2D eigenvalue weighted by molar-refractivity contribution is 0.296. The molecule has 1 aliphatic heterocycles. The largest absolute Gasteiger partial charge is 0.490 e. The molecule has 1 aromatic rings. The standard InChI is InChI=1S/C11H10FNO3/c12-9-5-11-10(15-2-1-3-16-11)4-8(9)6-13-7-14/h4-5H,1-3,6H2. The van der Waals surface area contributed by atoms with Gasteiger partial charge in [0.1, 0.15) is 5.82 Å². The molecule has 0 saturated heterocycles. The highest BCUT2D eigenvalue weighted by molar-refractivity contribution is 5.44. The predicted molar refractivity (Wildman–Crippen MR) is 53.8 cm³/mol. The van der Waals surface area contributed by atoms with Crippen LogP contribution in [0.3, 0.4) is 0 Å². The van der Waals surface area contributed by atoms with Gasteiger partial charge < -0.3 is 9.47 Å². The van der Waals surface area contributed by atoms with Crippen molar-refractivity contribution in [3.05, 3.63) is 23.5 Å². The van der Waals surface area contributed by atoms with E-state index in [2.05, 4.69) is 4.99 Å². The van der Waals surface area contributed by atoms with Crippen LogP contribution >= 0.6 is 0 Å². The summed E-state index contributed by atoms with van der Waals surface area (Å²) < 4.78 is 24.2. The number of nitrogens with zero attached hydrogens (tertiary/aromatic N) is 1. The molecule has 84 valence electrons. The number of benzene rings is 1. The molecule has 2 rings (SSSR count). The highest BCUT2D eigenvalue weighted by Crippen LogP contribution is 2.32.